The molecule has 0 aliphatic carbocycles. The largest absolute Gasteiger partial charge is 0.490 e. The number of piperidine rings is 2. The van der Waals surface area contributed by atoms with Crippen molar-refractivity contribution < 1.29 is 40.7 Å². The Bertz CT molecular complexity index is 1550. The van der Waals surface area contributed by atoms with E-state index in [1.165, 1.54) is 23.8 Å². The fraction of sp³-hybridized carbons (Fsp3) is 0.500. The van der Waals surface area contributed by atoms with Crippen LogP contribution in [0.4, 0.5) is 18.9 Å². The number of ether oxygens (including phenoxy) is 1. The molecule has 2 aromatic carbocycles. The molecule has 0 radical (unpaired) electrons. The summed E-state index contributed by atoms with van der Waals surface area (Å²) in [5.41, 5.74) is 1.34. The smallest absolute Gasteiger partial charge is 0.441 e. The van der Waals surface area contributed by atoms with Gasteiger partial charge in [0.1, 0.15) is 0 Å². The number of alkyl halides is 3. The third-order valence-electron chi connectivity index (χ3n) is 9.03. The second-order valence-corrected chi connectivity index (χ2v) is 13.8. The quantitative estimate of drug-likeness (QED) is 0.374. The number of anilines is 1. The maximum Gasteiger partial charge on any atom is 0.490 e. The molecule has 4 aliphatic heterocycles. The van der Waals surface area contributed by atoms with E-state index in [-0.39, 0.29) is 41.0 Å². The maximum atomic E-state index is 13.7. The fourth-order valence-electron chi connectivity index (χ4n) is 6.84. The zero-order valence-electron chi connectivity index (χ0n) is 24.3. The lowest BCUT2D eigenvalue weighted by atomic mass is 9.99. The zero-order chi connectivity index (χ0) is 31.9. The van der Waals surface area contributed by atoms with Gasteiger partial charge in [-0.3, -0.25) is 9.59 Å². The number of amides is 2. The van der Waals surface area contributed by atoms with Crippen LogP contribution in [0.25, 0.3) is 0 Å². The highest BCUT2D eigenvalue weighted by Gasteiger charge is 2.49. The van der Waals surface area contributed by atoms with Crippen molar-refractivity contribution in [3.05, 3.63) is 65.2 Å². The molecule has 4 heterocycles. The van der Waals surface area contributed by atoms with Gasteiger partial charge < -0.3 is 20.7 Å². The molecule has 0 aromatic heterocycles. The minimum Gasteiger partial charge on any atom is -0.441 e. The first-order valence-electron chi connectivity index (χ1n) is 15.0. The number of carbonyl (C=O) groups is 3. The van der Waals surface area contributed by atoms with Gasteiger partial charge in [-0.1, -0.05) is 30.3 Å². The summed E-state index contributed by atoms with van der Waals surface area (Å²) < 4.78 is 73.3. The van der Waals surface area contributed by atoms with Gasteiger partial charge in [-0.05, 0) is 62.3 Å². The predicted octanol–water partition coefficient (Wildman–Crippen LogP) is 3.01. The number of esters is 1. The van der Waals surface area contributed by atoms with Gasteiger partial charge in [0.05, 0.1) is 0 Å². The molecule has 2 amide bonds. The summed E-state index contributed by atoms with van der Waals surface area (Å²) in [6.45, 7) is 1.59. The predicted molar refractivity (Wildman–Crippen MR) is 156 cm³/mol. The van der Waals surface area contributed by atoms with E-state index in [0.717, 1.165) is 6.54 Å². The van der Waals surface area contributed by atoms with Crippen LogP contribution < -0.4 is 16.0 Å². The van der Waals surface area contributed by atoms with Crippen LogP contribution in [0.5, 0.6) is 0 Å². The van der Waals surface area contributed by atoms with Crippen LogP contribution in [0.2, 0.25) is 0 Å². The van der Waals surface area contributed by atoms with E-state index in [9.17, 15) is 36.0 Å². The van der Waals surface area contributed by atoms with E-state index in [1.54, 1.807) is 8.61 Å². The van der Waals surface area contributed by atoms with Gasteiger partial charge in [0, 0.05) is 60.6 Å². The van der Waals surface area contributed by atoms with E-state index in [2.05, 4.69) is 32.8 Å². The number of nitrogens with zero attached hydrogens (tertiary/aromatic N) is 2. The Hall–Kier alpha value is -3.53. The summed E-state index contributed by atoms with van der Waals surface area (Å²) in [6.07, 6.45) is -3.47. The number of hydrogen-bond donors (Lipinski definition) is 3. The second kappa shape index (κ2) is 12.3. The molecule has 3 fully saturated rings. The van der Waals surface area contributed by atoms with Crippen LogP contribution in [0.15, 0.2) is 48.5 Å². The Kier molecular flexibility index (Phi) is 8.63. The van der Waals surface area contributed by atoms with Gasteiger partial charge in [-0.25, -0.2) is 4.79 Å². The van der Waals surface area contributed by atoms with E-state index in [1.807, 2.05) is 18.2 Å². The van der Waals surface area contributed by atoms with Crippen LogP contribution >= 0.6 is 0 Å². The number of rotatable bonds is 8. The molecule has 2 aromatic rings. The summed E-state index contributed by atoms with van der Waals surface area (Å²) in [5, 5.41) is 8.80. The Morgan fingerprint density at radius 1 is 0.956 bits per heavy atom. The normalized spacial score (nSPS) is 25.9. The molecule has 2 bridgehead atoms. The summed E-state index contributed by atoms with van der Waals surface area (Å²) in [7, 11) is -3.69. The van der Waals surface area contributed by atoms with Gasteiger partial charge in [0.15, 0.2) is 0 Å². The average Bonchev–Trinajstić information content (AvgIpc) is 3.48. The lowest BCUT2D eigenvalue weighted by Crippen LogP contribution is -2.57. The molecule has 2 unspecified atom stereocenters. The van der Waals surface area contributed by atoms with E-state index in [0.29, 0.717) is 51.6 Å². The van der Waals surface area contributed by atoms with E-state index in [4.69, 9.17) is 0 Å². The maximum absolute atomic E-state index is 13.7. The monoisotopic (exact) mass is 649 g/mol. The van der Waals surface area contributed by atoms with Crippen molar-refractivity contribution in [2.24, 2.45) is 0 Å². The Labute approximate surface area is 258 Å². The number of halogens is 3. The summed E-state index contributed by atoms with van der Waals surface area (Å²) >= 11 is 0. The standard InChI is InChI=1S/C30H34F3N5O6S/c31-30(32,33)29(41)44-26-24-14-19(6-9-25(24)36-28(26)40)27(39)35-21-15-22-7-8-23(16-21)38(22)45(42,43)37-12-10-20(11-13-37)34-17-18-4-2-1-3-5-18/h1-6,9,14,20-23,26,34H,7-8,10-13,15-17H2,(H,35,39)(H,36,40)/t21?,22-,23+,26?. The molecule has 3 saturated heterocycles. The van der Waals surface area contributed by atoms with Gasteiger partial charge >= 0.3 is 12.1 Å². The van der Waals surface area contributed by atoms with Crippen molar-refractivity contribution in [2.45, 2.75) is 81.5 Å². The molecule has 4 aliphatic rings. The summed E-state index contributed by atoms with van der Waals surface area (Å²) in [4.78, 5) is 36.7. The number of benzene rings is 2. The molecule has 3 N–H and O–H groups in total. The average molecular weight is 650 g/mol. The minimum atomic E-state index is -5.28. The third kappa shape index (κ3) is 6.57. The van der Waals surface area contributed by atoms with Crippen molar-refractivity contribution in [3.8, 4) is 0 Å². The molecular weight excluding hydrogens is 615 g/mol. The van der Waals surface area contributed by atoms with Crippen molar-refractivity contribution in [2.75, 3.05) is 18.4 Å². The number of nitrogens with one attached hydrogen (secondary N) is 3. The SMILES string of the molecule is O=C(NC1C[C@H]2CC[C@@H](C1)N2S(=O)(=O)N1CCC(NCc2ccccc2)CC1)c1ccc2c(c1)C(OC(=O)C(F)(F)F)C(=O)N2. The van der Waals surface area contributed by atoms with Gasteiger partial charge in [-0.15, -0.1) is 0 Å². The number of fused-ring (bicyclic) bond motifs is 3. The third-order valence-corrected chi connectivity index (χ3v) is 11.2. The van der Waals surface area contributed by atoms with Gasteiger partial charge in [0.25, 0.3) is 22.0 Å². The highest BCUT2D eigenvalue weighted by atomic mass is 32.2. The minimum absolute atomic E-state index is 0.0507. The van der Waals surface area contributed by atoms with E-state index >= 15 is 0 Å². The first kappa shape index (κ1) is 31.5. The Balaban J connectivity index is 1.05. The molecule has 0 spiro atoms. The summed E-state index contributed by atoms with van der Waals surface area (Å²) in [5.74, 6) is -3.98. The van der Waals surface area contributed by atoms with Crippen molar-refractivity contribution in [1.29, 1.82) is 0 Å². The molecule has 6 rings (SSSR count). The molecule has 0 saturated carbocycles. The highest BCUT2D eigenvalue weighted by molar-refractivity contribution is 7.86. The van der Waals surface area contributed by atoms with E-state index < -0.39 is 40.3 Å². The molecule has 15 heteroatoms. The second-order valence-electron chi connectivity index (χ2n) is 12.0. The van der Waals surface area contributed by atoms with Crippen LogP contribution in [-0.4, -0.2) is 78.2 Å². The molecule has 242 valence electrons. The lowest BCUT2D eigenvalue weighted by molar-refractivity contribution is -0.205. The van der Waals surface area contributed by atoms with Crippen LogP contribution in [0.1, 0.15) is 66.1 Å². The Morgan fingerprint density at radius 3 is 2.27 bits per heavy atom. The fourth-order valence-corrected chi connectivity index (χ4v) is 8.92. The topological polar surface area (TPSA) is 137 Å². The molecule has 4 atom stereocenters. The van der Waals surface area contributed by atoms with Crippen LogP contribution in [-0.2, 0) is 31.1 Å². The van der Waals surface area contributed by atoms with Crippen LogP contribution in [0.3, 0.4) is 0 Å². The first-order chi connectivity index (χ1) is 21.4. The van der Waals surface area contributed by atoms with Crippen molar-refractivity contribution in [3.63, 3.8) is 0 Å². The Morgan fingerprint density at radius 2 is 1.62 bits per heavy atom. The van der Waals surface area contributed by atoms with Gasteiger partial charge in [-0.2, -0.15) is 30.2 Å². The lowest BCUT2D eigenvalue weighted by Gasteiger charge is -2.42. The van der Waals surface area contributed by atoms with Crippen LogP contribution in [0, 0.1) is 0 Å². The van der Waals surface area contributed by atoms with Crippen molar-refractivity contribution in [1.82, 2.24) is 19.2 Å². The number of hydrogen-bond acceptors (Lipinski definition) is 7. The van der Waals surface area contributed by atoms with Crippen molar-refractivity contribution >= 4 is 33.7 Å². The number of carbonyl (C=O) groups excluding carboxylic acids is 3. The zero-order valence-corrected chi connectivity index (χ0v) is 25.1. The molecular formula is C30H34F3N5O6S. The molecule has 45 heavy (non-hydrogen) atoms. The molecule has 11 nitrogen and oxygen atoms in total. The highest BCUT2D eigenvalue weighted by Crippen LogP contribution is 2.40. The van der Waals surface area contributed by atoms with Gasteiger partial charge in [0.2, 0.25) is 6.10 Å². The summed E-state index contributed by atoms with van der Waals surface area (Å²) in [6, 6.07) is 13.4. The first-order valence-corrected chi connectivity index (χ1v) is 16.4.